The van der Waals surface area contributed by atoms with Crippen LogP contribution < -0.4 is 0 Å². The van der Waals surface area contributed by atoms with E-state index in [-0.39, 0.29) is 47.8 Å². The molecule has 1 N–H and O–H groups in total. The van der Waals surface area contributed by atoms with Crippen LogP contribution in [0.15, 0.2) is 0 Å². The summed E-state index contributed by atoms with van der Waals surface area (Å²) in [7, 11) is 0. The first-order valence-electron chi connectivity index (χ1n) is 3.95. The van der Waals surface area contributed by atoms with Gasteiger partial charge >= 0.3 is 5.97 Å². The van der Waals surface area contributed by atoms with Crippen LogP contribution in [0.25, 0.3) is 0 Å². The summed E-state index contributed by atoms with van der Waals surface area (Å²) in [6.45, 7) is 4.00. The van der Waals surface area contributed by atoms with E-state index in [1.54, 1.807) is 0 Å². The summed E-state index contributed by atoms with van der Waals surface area (Å²) in [5.41, 5.74) is 0. The van der Waals surface area contributed by atoms with Crippen molar-refractivity contribution in [1.82, 2.24) is 0 Å². The molecule has 0 aromatic heterocycles. The van der Waals surface area contributed by atoms with Gasteiger partial charge in [-0.1, -0.05) is 26.7 Å². The number of hydrogen-bond donors (Lipinski definition) is 1. The predicted molar refractivity (Wildman–Crippen MR) is 40.9 cm³/mol. The molecule has 0 aliphatic heterocycles. The van der Waals surface area contributed by atoms with Crippen LogP contribution in [0.3, 0.4) is 0 Å². The first kappa shape index (κ1) is 18.6. The van der Waals surface area contributed by atoms with Gasteiger partial charge in [-0.2, -0.15) is 0 Å². The molecule has 0 spiro atoms. The van der Waals surface area contributed by atoms with Gasteiger partial charge in [0.2, 0.25) is 0 Å². The molecule has 4 heteroatoms. The number of carbonyl (C=O) groups is 1. The van der Waals surface area contributed by atoms with E-state index in [2.05, 4.69) is 6.92 Å². The zero-order valence-corrected chi connectivity index (χ0v) is 10.5. The summed E-state index contributed by atoms with van der Waals surface area (Å²) in [5.74, 6) is -0.754. The van der Waals surface area contributed by atoms with Gasteiger partial charge in [0.1, 0.15) is 0 Å². The molecule has 2 radical (unpaired) electrons. The number of rotatable bonds is 5. The second-order valence-electron chi connectivity index (χ2n) is 2.59. The summed E-state index contributed by atoms with van der Waals surface area (Å²) >= 11 is 0. The van der Waals surface area contributed by atoms with E-state index < -0.39 is 5.97 Å². The minimum atomic E-state index is -0.643. The van der Waals surface area contributed by atoms with E-state index in [0.717, 1.165) is 25.7 Å². The quantitative estimate of drug-likeness (QED) is 0.769. The second-order valence-corrected chi connectivity index (χ2v) is 2.59. The average Bonchev–Trinajstić information content (AvgIpc) is 1.89. The molecule has 0 aliphatic rings. The van der Waals surface area contributed by atoms with E-state index in [9.17, 15) is 4.79 Å². The molecule has 0 aromatic rings. The number of aliphatic carboxylic acids is 1. The SMILES string of the molecule is CCCCC(CC)C(=O)O.[Ag].[Rh]. The molecule has 0 heterocycles. The fourth-order valence-corrected chi connectivity index (χ4v) is 0.953. The Balaban J connectivity index is -0.000000405. The van der Waals surface area contributed by atoms with Gasteiger partial charge in [0.05, 0.1) is 5.92 Å². The summed E-state index contributed by atoms with van der Waals surface area (Å²) in [6, 6.07) is 0. The number of carboxylic acids is 1. The average molecular weight is 355 g/mol. The molecule has 0 saturated heterocycles. The van der Waals surface area contributed by atoms with Crippen LogP contribution >= 0.6 is 0 Å². The molecule has 0 bridgehead atoms. The number of unbranched alkanes of at least 4 members (excludes halogenated alkanes) is 1. The van der Waals surface area contributed by atoms with Crippen molar-refractivity contribution < 1.29 is 51.8 Å². The van der Waals surface area contributed by atoms with Crippen LogP contribution in [0, 0.1) is 5.92 Å². The smallest absolute Gasteiger partial charge is 0.306 e. The molecule has 0 aliphatic carbocycles. The molecule has 12 heavy (non-hydrogen) atoms. The third-order valence-electron chi connectivity index (χ3n) is 1.75. The zero-order valence-electron chi connectivity index (χ0n) is 7.40. The zero-order chi connectivity index (χ0) is 7.98. The van der Waals surface area contributed by atoms with Crippen LogP contribution in [0.4, 0.5) is 0 Å². The third-order valence-corrected chi connectivity index (χ3v) is 1.75. The van der Waals surface area contributed by atoms with Crippen LogP contribution in [-0.4, -0.2) is 11.1 Å². The van der Waals surface area contributed by atoms with Crippen molar-refractivity contribution in [3.63, 3.8) is 0 Å². The Morgan fingerprint density at radius 3 is 2.17 bits per heavy atom. The maximum Gasteiger partial charge on any atom is 0.306 e. The van der Waals surface area contributed by atoms with Gasteiger partial charge in [-0.05, 0) is 12.8 Å². The molecule has 1 unspecified atom stereocenters. The summed E-state index contributed by atoms with van der Waals surface area (Å²) < 4.78 is 0. The summed E-state index contributed by atoms with van der Waals surface area (Å²) in [5, 5.41) is 8.60. The van der Waals surface area contributed by atoms with Gasteiger partial charge in [-0.15, -0.1) is 0 Å². The molecule has 80 valence electrons. The van der Waals surface area contributed by atoms with E-state index in [1.807, 2.05) is 6.92 Å². The molecule has 0 amide bonds. The molecule has 0 aromatic carbocycles. The van der Waals surface area contributed by atoms with E-state index in [4.69, 9.17) is 5.11 Å². The van der Waals surface area contributed by atoms with Crippen LogP contribution in [0.1, 0.15) is 39.5 Å². The minimum Gasteiger partial charge on any atom is -0.481 e. The van der Waals surface area contributed by atoms with Gasteiger partial charge in [-0.3, -0.25) is 4.79 Å². The maximum atomic E-state index is 10.4. The Labute approximate surface area is 103 Å². The van der Waals surface area contributed by atoms with Crippen molar-refractivity contribution >= 4 is 5.97 Å². The Bertz CT molecular complexity index is 109. The van der Waals surface area contributed by atoms with Gasteiger partial charge in [0.25, 0.3) is 0 Å². The maximum absolute atomic E-state index is 10.4. The fourth-order valence-electron chi connectivity index (χ4n) is 0.953. The molecule has 2 nitrogen and oxygen atoms in total. The van der Waals surface area contributed by atoms with E-state index >= 15 is 0 Å². The fraction of sp³-hybridized carbons (Fsp3) is 0.875. The van der Waals surface area contributed by atoms with Gasteiger partial charge < -0.3 is 5.11 Å². The van der Waals surface area contributed by atoms with Gasteiger partial charge in [0, 0.05) is 41.9 Å². The normalized spacial score (nSPS) is 10.8. The first-order chi connectivity index (χ1) is 4.72. The van der Waals surface area contributed by atoms with Crippen LogP contribution in [0.5, 0.6) is 0 Å². The van der Waals surface area contributed by atoms with E-state index in [0.29, 0.717) is 0 Å². The topological polar surface area (TPSA) is 37.3 Å². The Hall–Kier alpha value is 0.834. The number of carboxylic acid groups (broad SMARTS) is 1. The monoisotopic (exact) mass is 354 g/mol. The largest absolute Gasteiger partial charge is 0.481 e. The van der Waals surface area contributed by atoms with Crippen molar-refractivity contribution in [2.75, 3.05) is 0 Å². The molecular weight excluding hydrogens is 339 g/mol. The predicted octanol–water partition coefficient (Wildman–Crippen LogP) is 2.28. The van der Waals surface area contributed by atoms with Crippen LogP contribution in [-0.2, 0) is 46.7 Å². The van der Waals surface area contributed by atoms with Crippen molar-refractivity contribution in [2.45, 2.75) is 39.5 Å². The molecule has 0 rings (SSSR count). The van der Waals surface area contributed by atoms with Crippen LogP contribution in [0.2, 0.25) is 0 Å². The first-order valence-corrected chi connectivity index (χ1v) is 3.95. The van der Waals surface area contributed by atoms with Gasteiger partial charge in [0.15, 0.2) is 0 Å². The molecular formula is C8H16AgO2Rh. The second kappa shape index (κ2) is 11.8. The minimum absolute atomic E-state index is 0. The van der Waals surface area contributed by atoms with Gasteiger partial charge in [-0.25, -0.2) is 0 Å². The Morgan fingerprint density at radius 2 is 1.92 bits per heavy atom. The van der Waals surface area contributed by atoms with Crippen molar-refractivity contribution in [2.24, 2.45) is 5.92 Å². The van der Waals surface area contributed by atoms with Crippen molar-refractivity contribution in [1.29, 1.82) is 0 Å². The standard InChI is InChI=1S/C8H16O2.Ag.Rh/c1-3-5-6-7(4-2)8(9)10;;/h7H,3-6H2,1-2H3,(H,9,10);;. The molecule has 0 saturated carbocycles. The summed E-state index contributed by atoms with van der Waals surface area (Å²) in [6.07, 6.45) is 3.71. The van der Waals surface area contributed by atoms with Crippen molar-refractivity contribution in [3.8, 4) is 0 Å². The van der Waals surface area contributed by atoms with E-state index in [1.165, 1.54) is 0 Å². The number of hydrogen-bond acceptors (Lipinski definition) is 1. The molecule has 0 fully saturated rings. The molecule has 1 atom stereocenters. The Kier molecular flexibility index (Phi) is 18.3. The summed E-state index contributed by atoms with van der Waals surface area (Å²) in [4.78, 5) is 10.4. The van der Waals surface area contributed by atoms with Crippen molar-refractivity contribution in [3.05, 3.63) is 0 Å². The Morgan fingerprint density at radius 1 is 1.42 bits per heavy atom. The third kappa shape index (κ3) is 8.93.